The summed E-state index contributed by atoms with van der Waals surface area (Å²) in [5.41, 5.74) is 3.97. The Kier molecular flexibility index (Phi) is 5.42. The van der Waals surface area contributed by atoms with E-state index in [1.54, 1.807) is 7.11 Å². The first-order valence-electron chi connectivity index (χ1n) is 7.17. The summed E-state index contributed by atoms with van der Waals surface area (Å²) < 4.78 is 5.65. The van der Waals surface area contributed by atoms with Gasteiger partial charge in [0.15, 0.2) is 0 Å². The minimum Gasteiger partial charge on any atom is -0.496 e. The van der Waals surface area contributed by atoms with E-state index >= 15 is 0 Å². The molecular weight excluding hydrogens is 234 g/mol. The molecule has 0 amide bonds. The zero-order valence-electron chi connectivity index (χ0n) is 13.6. The lowest BCUT2D eigenvalue weighted by atomic mass is 9.79. The third-order valence-corrected chi connectivity index (χ3v) is 3.91. The summed E-state index contributed by atoms with van der Waals surface area (Å²) in [4.78, 5) is 0. The number of benzene rings is 1. The fraction of sp³-hybridized carbons (Fsp3) is 0.647. The lowest BCUT2D eigenvalue weighted by molar-refractivity contribution is 0.377. The van der Waals surface area contributed by atoms with Crippen LogP contribution in [0.4, 0.5) is 0 Å². The molecule has 0 aliphatic rings. The van der Waals surface area contributed by atoms with E-state index in [9.17, 15) is 0 Å². The molecule has 0 saturated carbocycles. The van der Waals surface area contributed by atoms with Gasteiger partial charge < -0.3 is 10.1 Å². The van der Waals surface area contributed by atoms with Gasteiger partial charge in [0.1, 0.15) is 5.75 Å². The SMILES string of the molecule is COc1c(C(C)(C)CCNC(C)C)ccc(C)c1C. The van der Waals surface area contributed by atoms with Crippen molar-refractivity contribution in [2.24, 2.45) is 0 Å². The van der Waals surface area contributed by atoms with Crippen LogP contribution in [0.5, 0.6) is 5.75 Å². The molecule has 0 aliphatic carbocycles. The fourth-order valence-corrected chi connectivity index (χ4v) is 2.39. The third kappa shape index (κ3) is 3.97. The standard InChI is InChI=1S/C17H29NO/c1-12(2)18-11-10-17(5,6)15-9-8-13(3)14(4)16(15)19-7/h8-9,12,18H,10-11H2,1-7H3. The summed E-state index contributed by atoms with van der Waals surface area (Å²) >= 11 is 0. The van der Waals surface area contributed by atoms with E-state index in [1.165, 1.54) is 16.7 Å². The summed E-state index contributed by atoms with van der Waals surface area (Å²) in [5.74, 6) is 1.05. The van der Waals surface area contributed by atoms with Crippen LogP contribution in [0.15, 0.2) is 12.1 Å². The zero-order chi connectivity index (χ0) is 14.6. The topological polar surface area (TPSA) is 21.3 Å². The van der Waals surface area contributed by atoms with Gasteiger partial charge in [-0.05, 0) is 43.4 Å². The molecule has 0 spiro atoms. The van der Waals surface area contributed by atoms with E-state index in [0.717, 1.165) is 18.7 Å². The van der Waals surface area contributed by atoms with Crippen LogP contribution in [-0.2, 0) is 5.41 Å². The Bertz CT molecular complexity index is 422. The third-order valence-electron chi connectivity index (χ3n) is 3.91. The minimum absolute atomic E-state index is 0.117. The van der Waals surface area contributed by atoms with E-state index < -0.39 is 0 Å². The van der Waals surface area contributed by atoms with Gasteiger partial charge in [-0.3, -0.25) is 0 Å². The molecule has 2 nitrogen and oxygen atoms in total. The Balaban J connectivity index is 2.97. The molecule has 0 atom stereocenters. The summed E-state index contributed by atoms with van der Waals surface area (Å²) in [7, 11) is 1.77. The van der Waals surface area contributed by atoms with Gasteiger partial charge >= 0.3 is 0 Å². The van der Waals surface area contributed by atoms with Crippen molar-refractivity contribution in [1.82, 2.24) is 5.32 Å². The van der Waals surface area contributed by atoms with E-state index in [-0.39, 0.29) is 5.41 Å². The molecule has 0 unspecified atom stereocenters. The Morgan fingerprint density at radius 3 is 2.37 bits per heavy atom. The van der Waals surface area contributed by atoms with Gasteiger partial charge in [-0.2, -0.15) is 0 Å². The molecular formula is C17H29NO. The molecule has 1 rings (SSSR count). The Labute approximate surface area is 118 Å². The highest BCUT2D eigenvalue weighted by Gasteiger charge is 2.25. The predicted octanol–water partition coefficient (Wildman–Crippen LogP) is 3.98. The summed E-state index contributed by atoms with van der Waals surface area (Å²) in [5, 5.41) is 3.49. The highest BCUT2D eigenvalue weighted by atomic mass is 16.5. The smallest absolute Gasteiger partial charge is 0.125 e. The van der Waals surface area contributed by atoms with E-state index in [0.29, 0.717) is 6.04 Å². The van der Waals surface area contributed by atoms with Crippen LogP contribution in [0, 0.1) is 13.8 Å². The quantitative estimate of drug-likeness (QED) is 0.838. The fourth-order valence-electron chi connectivity index (χ4n) is 2.39. The average molecular weight is 263 g/mol. The average Bonchev–Trinajstić information content (AvgIpc) is 2.31. The summed E-state index contributed by atoms with van der Waals surface area (Å²) in [6.45, 7) is 14.3. The molecule has 1 N–H and O–H groups in total. The van der Waals surface area contributed by atoms with Gasteiger partial charge in [-0.25, -0.2) is 0 Å². The van der Waals surface area contributed by atoms with E-state index in [4.69, 9.17) is 4.74 Å². The second kappa shape index (κ2) is 6.42. The molecule has 0 bridgehead atoms. The highest BCUT2D eigenvalue weighted by molar-refractivity contribution is 5.48. The molecule has 0 aromatic heterocycles. The van der Waals surface area contributed by atoms with Gasteiger partial charge in [0, 0.05) is 11.6 Å². The first kappa shape index (κ1) is 16.0. The normalized spacial score (nSPS) is 12.0. The van der Waals surface area contributed by atoms with E-state index in [2.05, 4.69) is 59.0 Å². The lowest BCUT2D eigenvalue weighted by Crippen LogP contribution is -2.30. The maximum atomic E-state index is 5.65. The van der Waals surface area contributed by atoms with Gasteiger partial charge in [0.05, 0.1) is 7.11 Å². The number of hydrogen-bond acceptors (Lipinski definition) is 2. The first-order chi connectivity index (χ1) is 8.79. The molecule has 0 saturated heterocycles. The number of rotatable bonds is 6. The van der Waals surface area contributed by atoms with Crippen LogP contribution in [0.2, 0.25) is 0 Å². The number of ether oxygens (including phenoxy) is 1. The molecule has 108 valence electrons. The number of nitrogens with one attached hydrogen (secondary N) is 1. The Hall–Kier alpha value is -1.02. The maximum Gasteiger partial charge on any atom is 0.125 e. The largest absolute Gasteiger partial charge is 0.496 e. The first-order valence-corrected chi connectivity index (χ1v) is 7.17. The molecule has 19 heavy (non-hydrogen) atoms. The Morgan fingerprint density at radius 1 is 1.21 bits per heavy atom. The van der Waals surface area contributed by atoms with Crippen molar-refractivity contribution < 1.29 is 4.74 Å². The molecule has 1 aromatic rings. The molecule has 2 heteroatoms. The van der Waals surface area contributed by atoms with Crippen LogP contribution in [-0.4, -0.2) is 19.7 Å². The number of methoxy groups -OCH3 is 1. The summed E-state index contributed by atoms with van der Waals surface area (Å²) in [6, 6.07) is 4.96. The van der Waals surface area contributed by atoms with Gasteiger partial charge in [0.25, 0.3) is 0 Å². The van der Waals surface area contributed by atoms with Crippen LogP contribution in [0.25, 0.3) is 0 Å². The minimum atomic E-state index is 0.117. The Morgan fingerprint density at radius 2 is 1.84 bits per heavy atom. The lowest BCUT2D eigenvalue weighted by Gasteiger charge is -2.29. The predicted molar refractivity (Wildman–Crippen MR) is 83.2 cm³/mol. The van der Waals surface area contributed by atoms with Crippen molar-refractivity contribution in [3.63, 3.8) is 0 Å². The van der Waals surface area contributed by atoms with Gasteiger partial charge in [-0.1, -0.05) is 39.8 Å². The van der Waals surface area contributed by atoms with Crippen LogP contribution >= 0.6 is 0 Å². The van der Waals surface area contributed by atoms with E-state index in [1.807, 2.05) is 0 Å². The monoisotopic (exact) mass is 263 g/mol. The highest BCUT2D eigenvalue weighted by Crippen LogP contribution is 2.37. The second-order valence-corrected chi connectivity index (χ2v) is 6.33. The van der Waals surface area contributed by atoms with Crippen LogP contribution < -0.4 is 10.1 Å². The van der Waals surface area contributed by atoms with Crippen molar-refractivity contribution in [3.8, 4) is 5.75 Å². The van der Waals surface area contributed by atoms with Crippen molar-refractivity contribution in [2.75, 3.05) is 13.7 Å². The second-order valence-electron chi connectivity index (χ2n) is 6.33. The maximum absolute atomic E-state index is 5.65. The molecule has 0 fully saturated rings. The summed E-state index contributed by atoms with van der Waals surface area (Å²) in [6.07, 6.45) is 1.10. The number of aryl methyl sites for hydroxylation is 1. The zero-order valence-corrected chi connectivity index (χ0v) is 13.6. The van der Waals surface area contributed by atoms with Crippen molar-refractivity contribution in [3.05, 3.63) is 28.8 Å². The van der Waals surface area contributed by atoms with Crippen LogP contribution in [0.3, 0.4) is 0 Å². The van der Waals surface area contributed by atoms with Crippen molar-refractivity contribution in [2.45, 2.75) is 59.4 Å². The van der Waals surface area contributed by atoms with Crippen LogP contribution in [0.1, 0.15) is 50.8 Å². The van der Waals surface area contributed by atoms with Gasteiger partial charge in [-0.15, -0.1) is 0 Å². The van der Waals surface area contributed by atoms with Gasteiger partial charge in [0.2, 0.25) is 0 Å². The molecule has 1 aromatic carbocycles. The molecule has 0 heterocycles. The number of hydrogen-bond donors (Lipinski definition) is 1. The molecule has 0 radical (unpaired) electrons. The molecule has 0 aliphatic heterocycles. The van der Waals surface area contributed by atoms with Crippen molar-refractivity contribution >= 4 is 0 Å². The van der Waals surface area contributed by atoms with Crippen molar-refractivity contribution in [1.29, 1.82) is 0 Å².